The van der Waals surface area contributed by atoms with Crippen molar-refractivity contribution in [3.8, 4) is 5.75 Å². The number of methoxy groups -OCH3 is 1. The molecule has 0 aromatic heterocycles. The molecule has 0 saturated carbocycles. The molecule has 0 radical (unpaired) electrons. The van der Waals surface area contributed by atoms with E-state index < -0.39 is 0 Å². The minimum atomic E-state index is 0.248. The summed E-state index contributed by atoms with van der Waals surface area (Å²) in [5.41, 5.74) is 6.37. The Hall–Kier alpha value is -1.55. The molecule has 0 fully saturated rings. The topological polar surface area (TPSA) is 68.3 Å². The number of amidine groups is 1. The van der Waals surface area contributed by atoms with Crippen LogP contribution in [0.15, 0.2) is 24.3 Å². The molecule has 1 rings (SSSR count). The van der Waals surface area contributed by atoms with Gasteiger partial charge in [0.25, 0.3) is 0 Å². The first-order valence-electron chi connectivity index (χ1n) is 5.76. The minimum Gasteiger partial charge on any atom is -0.497 e. The minimum absolute atomic E-state index is 0.248. The SMILES string of the molecule is COc1cccc(COCCCCC(=N)N)c1. The first-order valence-corrected chi connectivity index (χ1v) is 5.76. The van der Waals surface area contributed by atoms with Crippen molar-refractivity contribution in [1.82, 2.24) is 0 Å². The van der Waals surface area contributed by atoms with E-state index in [1.807, 2.05) is 24.3 Å². The maximum atomic E-state index is 7.08. The number of benzene rings is 1. The van der Waals surface area contributed by atoms with Gasteiger partial charge < -0.3 is 15.2 Å². The second kappa shape index (κ2) is 7.68. The highest BCUT2D eigenvalue weighted by molar-refractivity contribution is 5.76. The van der Waals surface area contributed by atoms with Gasteiger partial charge in [-0.2, -0.15) is 0 Å². The maximum absolute atomic E-state index is 7.08. The molecule has 0 atom stereocenters. The Morgan fingerprint density at radius 1 is 1.35 bits per heavy atom. The maximum Gasteiger partial charge on any atom is 0.119 e. The number of nitrogens with one attached hydrogen (secondary N) is 1. The van der Waals surface area contributed by atoms with E-state index in [2.05, 4.69) is 0 Å². The predicted molar refractivity (Wildman–Crippen MR) is 68.4 cm³/mol. The molecule has 3 N–H and O–H groups in total. The van der Waals surface area contributed by atoms with E-state index in [0.29, 0.717) is 19.6 Å². The summed E-state index contributed by atoms with van der Waals surface area (Å²) >= 11 is 0. The van der Waals surface area contributed by atoms with Crippen molar-refractivity contribution in [2.75, 3.05) is 13.7 Å². The lowest BCUT2D eigenvalue weighted by Gasteiger charge is -2.06. The fourth-order valence-corrected chi connectivity index (χ4v) is 1.47. The summed E-state index contributed by atoms with van der Waals surface area (Å²) in [6, 6.07) is 7.84. The van der Waals surface area contributed by atoms with Crippen molar-refractivity contribution in [1.29, 1.82) is 5.41 Å². The molecule has 0 bridgehead atoms. The summed E-state index contributed by atoms with van der Waals surface area (Å²) in [7, 11) is 1.65. The zero-order chi connectivity index (χ0) is 12.5. The number of rotatable bonds is 8. The van der Waals surface area contributed by atoms with Gasteiger partial charge in [0, 0.05) is 13.0 Å². The van der Waals surface area contributed by atoms with Gasteiger partial charge in [0.15, 0.2) is 0 Å². The van der Waals surface area contributed by atoms with Crippen LogP contribution in [-0.2, 0) is 11.3 Å². The van der Waals surface area contributed by atoms with Gasteiger partial charge >= 0.3 is 0 Å². The molecule has 0 aliphatic carbocycles. The highest BCUT2D eigenvalue weighted by Crippen LogP contribution is 2.13. The van der Waals surface area contributed by atoms with Crippen LogP contribution in [0.4, 0.5) is 0 Å². The van der Waals surface area contributed by atoms with E-state index in [1.54, 1.807) is 7.11 Å². The zero-order valence-electron chi connectivity index (χ0n) is 10.2. The molecule has 4 heteroatoms. The van der Waals surface area contributed by atoms with Crippen molar-refractivity contribution in [3.05, 3.63) is 29.8 Å². The number of hydrogen-bond acceptors (Lipinski definition) is 3. The van der Waals surface area contributed by atoms with Crippen LogP contribution < -0.4 is 10.5 Å². The Morgan fingerprint density at radius 2 is 2.18 bits per heavy atom. The Kier molecular flexibility index (Phi) is 6.10. The van der Waals surface area contributed by atoms with E-state index in [0.717, 1.165) is 24.2 Å². The number of ether oxygens (including phenoxy) is 2. The molecule has 0 unspecified atom stereocenters. The highest BCUT2D eigenvalue weighted by Gasteiger charge is 1.96. The third kappa shape index (κ3) is 5.92. The van der Waals surface area contributed by atoms with E-state index >= 15 is 0 Å². The zero-order valence-corrected chi connectivity index (χ0v) is 10.2. The summed E-state index contributed by atoms with van der Waals surface area (Å²) in [5.74, 6) is 1.10. The molecule has 17 heavy (non-hydrogen) atoms. The third-order valence-electron chi connectivity index (χ3n) is 2.39. The van der Waals surface area contributed by atoms with Gasteiger partial charge in [0.2, 0.25) is 0 Å². The summed E-state index contributed by atoms with van der Waals surface area (Å²) in [4.78, 5) is 0. The molecule has 1 aromatic carbocycles. The Morgan fingerprint density at radius 3 is 2.88 bits per heavy atom. The normalized spacial score (nSPS) is 10.2. The predicted octanol–water partition coefficient (Wildman–Crippen LogP) is 2.32. The second-order valence-corrected chi connectivity index (χ2v) is 3.89. The molecule has 0 aliphatic heterocycles. The summed E-state index contributed by atoms with van der Waals surface area (Å²) < 4.78 is 10.7. The first-order chi connectivity index (χ1) is 8.22. The lowest BCUT2D eigenvalue weighted by molar-refractivity contribution is 0.117. The average molecular weight is 236 g/mol. The van der Waals surface area contributed by atoms with E-state index in [-0.39, 0.29) is 5.84 Å². The van der Waals surface area contributed by atoms with Gasteiger partial charge in [0.1, 0.15) is 5.75 Å². The Balaban J connectivity index is 2.15. The van der Waals surface area contributed by atoms with Crippen LogP contribution in [0.3, 0.4) is 0 Å². The van der Waals surface area contributed by atoms with Crippen LogP contribution in [-0.4, -0.2) is 19.6 Å². The van der Waals surface area contributed by atoms with E-state index in [9.17, 15) is 0 Å². The standard InChI is InChI=1S/C13H20N2O2/c1-16-12-6-4-5-11(9-12)10-17-8-3-2-7-13(14)15/h4-6,9H,2-3,7-8,10H2,1H3,(H3,14,15). The fraction of sp³-hybridized carbons (Fsp3) is 0.462. The van der Waals surface area contributed by atoms with Crippen molar-refractivity contribution >= 4 is 5.84 Å². The van der Waals surface area contributed by atoms with Crippen LogP contribution in [0.1, 0.15) is 24.8 Å². The lowest BCUT2D eigenvalue weighted by Crippen LogP contribution is -2.09. The quantitative estimate of drug-likeness (QED) is 0.413. The van der Waals surface area contributed by atoms with E-state index in [4.69, 9.17) is 20.6 Å². The van der Waals surface area contributed by atoms with Crippen LogP contribution >= 0.6 is 0 Å². The van der Waals surface area contributed by atoms with Gasteiger partial charge in [-0.1, -0.05) is 12.1 Å². The molecule has 1 aromatic rings. The monoisotopic (exact) mass is 236 g/mol. The van der Waals surface area contributed by atoms with Gasteiger partial charge in [-0.05, 0) is 30.5 Å². The molecule has 4 nitrogen and oxygen atoms in total. The van der Waals surface area contributed by atoms with Gasteiger partial charge in [-0.25, -0.2) is 0 Å². The molecule has 94 valence electrons. The summed E-state index contributed by atoms with van der Waals surface area (Å²) in [6.45, 7) is 1.29. The summed E-state index contributed by atoms with van der Waals surface area (Å²) in [5, 5.41) is 7.08. The average Bonchev–Trinajstić information content (AvgIpc) is 2.33. The summed E-state index contributed by atoms with van der Waals surface area (Å²) in [6.07, 6.45) is 2.50. The lowest BCUT2D eigenvalue weighted by atomic mass is 10.2. The number of hydrogen-bond donors (Lipinski definition) is 2. The number of nitrogens with two attached hydrogens (primary N) is 1. The third-order valence-corrected chi connectivity index (χ3v) is 2.39. The molecular formula is C13H20N2O2. The van der Waals surface area contributed by atoms with Gasteiger partial charge in [-0.15, -0.1) is 0 Å². The molecule has 0 heterocycles. The van der Waals surface area contributed by atoms with Crippen LogP contribution in [0.5, 0.6) is 5.75 Å². The van der Waals surface area contributed by atoms with Crippen LogP contribution in [0.2, 0.25) is 0 Å². The second-order valence-electron chi connectivity index (χ2n) is 3.89. The smallest absolute Gasteiger partial charge is 0.119 e. The Bertz CT molecular complexity index is 353. The molecule has 0 saturated heterocycles. The van der Waals surface area contributed by atoms with Crippen molar-refractivity contribution in [3.63, 3.8) is 0 Å². The number of unbranched alkanes of at least 4 members (excludes halogenated alkanes) is 1. The fourth-order valence-electron chi connectivity index (χ4n) is 1.47. The molecular weight excluding hydrogens is 216 g/mol. The molecule has 0 aliphatic rings. The largest absolute Gasteiger partial charge is 0.497 e. The molecule has 0 amide bonds. The highest BCUT2D eigenvalue weighted by atomic mass is 16.5. The van der Waals surface area contributed by atoms with Crippen molar-refractivity contribution < 1.29 is 9.47 Å². The first kappa shape index (κ1) is 13.5. The van der Waals surface area contributed by atoms with Crippen molar-refractivity contribution in [2.45, 2.75) is 25.9 Å². The van der Waals surface area contributed by atoms with Gasteiger partial charge in [-0.3, -0.25) is 5.41 Å². The van der Waals surface area contributed by atoms with Gasteiger partial charge in [0.05, 0.1) is 19.6 Å². The van der Waals surface area contributed by atoms with Crippen LogP contribution in [0.25, 0.3) is 0 Å². The van der Waals surface area contributed by atoms with E-state index in [1.165, 1.54) is 0 Å². The Labute approximate surface area is 102 Å². The van der Waals surface area contributed by atoms with Crippen LogP contribution in [0, 0.1) is 5.41 Å². The molecule has 0 spiro atoms. The van der Waals surface area contributed by atoms with Crippen molar-refractivity contribution in [2.24, 2.45) is 5.73 Å².